The summed E-state index contributed by atoms with van der Waals surface area (Å²) in [5, 5.41) is 11.2. The smallest absolute Gasteiger partial charge is 0.295 e. The Morgan fingerprint density at radius 3 is 2.42 bits per heavy atom. The number of rotatable bonds is 5. The number of ketones is 1. The number of carbonyl (C=O) groups excluding carboxylic acids is 2. The lowest BCUT2D eigenvalue weighted by molar-refractivity contribution is -0.141. The van der Waals surface area contributed by atoms with Crippen molar-refractivity contribution in [2.75, 3.05) is 0 Å². The van der Waals surface area contributed by atoms with Gasteiger partial charge >= 0.3 is 0 Å². The molecular weight excluding hydrogens is 392 g/mol. The number of amides is 1. The highest BCUT2D eigenvalue weighted by atomic mass is 16.5. The van der Waals surface area contributed by atoms with Crippen LogP contribution in [-0.2, 0) is 9.59 Å². The molecule has 4 rings (SSSR count). The van der Waals surface area contributed by atoms with E-state index in [1.165, 1.54) is 0 Å². The van der Waals surface area contributed by atoms with Crippen molar-refractivity contribution < 1.29 is 19.4 Å². The maximum absolute atomic E-state index is 13.1. The largest absolute Gasteiger partial charge is 0.507 e. The molecule has 1 saturated carbocycles. The molecular formula is C25H28N2O4. The van der Waals surface area contributed by atoms with E-state index < -0.39 is 17.7 Å². The van der Waals surface area contributed by atoms with Gasteiger partial charge in [0, 0.05) is 24.0 Å². The minimum atomic E-state index is -0.633. The second kappa shape index (κ2) is 8.53. The predicted octanol–water partition coefficient (Wildman–Crippen LogP) is 4.54. The Balaban J connectivity index is 1.82. The number of Topliss-reactive ketones (excluding diaryl/α,β-unsaturated/α-hetero) is 1. The van der Waals surface area contributed by atoms with E-state index in [1.807, 2.05) is 20.8 Å². The van der Waals surface area contributed by atoms with Crippen molar-refractivity contribution in [2.24, 2.45) is 0 Å². The van der Waals surface area contributed by atoms with Gasteiger partial charge in [0.1, 0.15) is 11.5 Å². The van der Waals surface area contributed by atoms with Crippen LogP contribution in [0.2, 0.25) is 0 Å². The van der Waals surface area contributed by atoms with Crippen molar-refractivity contribution in [3.05, 3.63) is 65.0 Å². The van der Waals surface area contributed by atoms with Gasteiger partial charge in [0.2, 0.25) is 0 Å². The first kappa shape index (κ1) is 21.1. The SMILES string of the molecule is Cc1cc(/C(O)=C2/C(=O)C(=O)N(C3CCCC3)C2c2ccncc2)ccc1OC(C)C. The number of aliphatic hydroxyl groups is 1. The summed E-state index contributed by atoms with van der Waals surface area (Å²) in [6, 6.07) is 8.31. The lowest BCUT2D eigenvalue weighted by Crippen LogP contribution is -2.37. The topological polar surface area (TPSA) is 79.7 Å². The van der Waals surface area contributed by atoms with Crippen molar-refractivity contribution in [1.29, 1.82) is 0 Å². The van der Waals surface area contributed by atoms with Crippen molar-refractivity contribution >= 4 is 17.4 Å². The Hall–Kier alpha value is -3.15. The number of aryl methyl sites for hydroxylation is 1. The molecule has 2 aliphatic rings. The quantitative estimate of drug-likeness (QED) is 0.436. The zero-order valence-corrected chi connectivity index (χ0v) is 18.2. The number of pyridine rings is 1. The summed E-state index contributed by atoms with van der Waals surface area (Å²) in [6.07, 6.45) is 7.13. The van der Waals surface area contributed by atoms with Crippen LogP contribution in [-0.4, -0.2) is 38.8 Å². The number of carbonyl (C=O) groups is 2. The number of likely N-dealkylation sites (tertiary alicyclic amines) is 1. The second-order valence-corrected chi connectivity index (χ2v) is 8.57. The van der Waals surface area contributed by atoms with E-state index in [-0.39, 0.29) is 23.5 Å². The summed E-state index contributed by atoms with van der Waals surface area (Å²) in [4.78, 5) is 31.9. The number of nitrogens with zero attached hydrogens (tertiary/aromatic N) is 2. The van der Waals surface area contributed by atoms with Crippen LogP contribution in [0.1, 0.15) is 62.3 Å². The zero-order chi connectivity index (χ0) is 22.1. The predicted molar refractivity (Wildman–Crippen MR) is 118 cm³/mol. The summed E-state index contributed by atoms with van der Waals surface area (Å²) in [6.45, 7) is 5.80. The lowest BCUT2D eigenvalue weighted by Gasteiger charge is -2.30. The van der Waals surface area contributed by atoms with Crippen LogP contribution in [0.4, 0.5) is 0 Å². The van der Waals surface area contributed by atoms with E-state index in [2.05, 4.69) is 4.98 Å². The molecule has 1 aromatic carbocycles. The van der Waals surface area contributed by atoms with Gasteiger partial charge in [-0.05, 0) is 75.1 Å². The lowest BCUT2D eigenvalue weighted by atomic mass is 9.95. The number of ether oxygens (including phenoxy) is 1. The molecule has 1 atom stereocenters. The highest BCUT2D eigenvalue weighted by Gasteiger charge is 2.49. The fourth-order valence-electron chi connectivity index (χ4n) is 4.62. The van der Waals surface area contributed by atoms with Crippen LogP contribution in [0.3, 0.4) is 0 Å². The van der Waals surface area contributed by atoms with Crippen molar-refractivity contribution in [3.63, 3.8) is 0 Å². The van der Waals surface area contributed by atoms with Gasteiger partial charge in [0.05, 0.1) is 17.7 Å². The van der Waals surface area contributed by atoms with Gasteiger partial charge in [-0.2, -0.15) is 0 Å². The standard InChI is InChI=1S/C25H28N2O4/c1-15(2)31-20-9-8-18(14-16(20)3)23(28)21-22(17-10-12-26-13-11-17)27(25(30)24(21)29)19-6-4-5-7-19/h8-15,19,22,28H,4-7H2,1-3H3/b23-21-. The molecule has 1 saturated heterocycles. The molecule has 2 aromatic rings. The summed E-state index contributed by atoms with van der Waals surface area (Å²) in [5.41, 5.74) is 2.26. The van der Waals surface area contributed by atoms with E-state index in [9.17, 15) is 14.7 Å². The third kappa shape index (κ3) is 3.94. The van der Waals surface area contributed by atoms with E-state index in [4.69, 9.17) is 4.74 Å². The van der Waals surface area contributed by atoms with Crippen LogP contribution in [0, 0.1) is 6.92 Å². The van der Waals surface area contributed by atoms with Crippen LogP contribution in [0.15, 0.2) is 48.3 Å². The first-order valence-electron chi connectivity index (χ1n) is 10.9. The Kier molecular flexibility index (Phi) is 5.81. The van der Waals surface area contributed by atoms with Crippen LogP contribution in [0.5, 0.6) is 5.75 Å². The second-order valence-electron chi connectivity index (χ2n) is 8.57. The van der Waals surface area contributed by atoms with Gasteiger partial charge in [0.25, 0.3) is 11.7 Å². The van der Waals surface area contributed by atoms with Crippen molar-refractivity contribution in [2.45, 2.75) is 64.6 Å². The Labute approximate surface area is 182 Å². The van der Waals surface area contributed by atoms with Gasteiger partial charge in [-0.15, -0.1) is 0 Å². The molecule has 1 aromatic heterocycles. The third-order valence-electron chi connectivity index (χ3n) is 6.03. The Bertz CT molecular complexity index is 1020. The van der Waals surface area contributed by atoms with Crippen LogP contribution in [0.25, 0.3) is 5.76 Å². The number of aromatic nitrogens is 1. The average Bonchev–Trinajstić information content (AvgIpc) is 3.36. The summed E-state index contributed by atoms with van der Waals surface area (Å²) in [7, 11) is 0. The zero-order valence-electron chi connectivity index (χ0n) is 18.2. The molecule has 31 heavy (non-hydrogen) atoms. The Morgan fingerprint density at radius 1 is 1.13 bits per heavy atom. The number of hydrogen-bond donors (Lipinski definition) is 1. The minimum Gasteiger partial charge on any atom is -0.507 e. The molecule has 6 heteroatoms. The van der Waals surface area contributed by atoms with Gasteiger partial charge in [-0.25, -0.2) is 0 Å². The van der Waals surface area contributed by atoms with Gasteiger partial charge in [0.15, 0.2) is 0 Å². The monoisotopic (exact) mass is 420 g/mol. The van der Waals surface area contributed by atoms with E-state index >= 15 is 0 Å². The molecule has 0 bridgehead atoms. The molecule has 1 aliphatic carbocycles. The van der Waals surface area contributed by atoms with Crippen molar-refractivity contribution in [1.82, 2.24) is 9.88 Å². The molecule has 2 heterocycles. The molecule has 1 N–H and O–H groups in total. The molecule has 1 unspecified atom stereocenters. The van der Waals surface area contributed by atoms with Crippen LogP contribution >= 0.6 is 0 Å². The van der Waals surface area contributed by atoms with Crippen LogP contribution < -0.4 is 4.74 Å². The fraction of sp³-hybridized carbons (Fsp3) is 0.400. The normalized spacial score (nSPS) is 21.3. The fourth-order valence-corrected chi connectivity index (χ4v) is 4.62. The van der Waals surface area contributed by atoms with Gasteiger partial charge in [-0.3, -0.25) is 14.6 Å². The number of hydrogen-bond acceptors (Lipinski definition) is 5. The van der Waals surface area contributed by atoms with Gasteiger partial charge in [-0.1, -0.05) is 12.8 Å². The maximum Gasteiger partial charge on any atom is 0.295 e. The molecule has 6 nitrogen and oxygen atoms in total. The molecule has 1 aliphatic heterocycles. The molecule has 1 amide bonds. The van der Waals surface area contributed by atoms with E-state index in [0.29, 0.717) is 5.56 Å². The summed E-state index contributed by atoms with van der Waals surface area (Å²) >= 11 is 0. The first-order chi connectivity index (χ1) is 14.9. The molecule has 0 radical (unpaired) electrons. The average molecular weight is 421 g/mol. The highest BCUT2D eigenvalue weighted by Crippen LogP contribution is 2.43. The van der Waals surface area contributed by atoms with Crippen molar-refractivity contribution in [3.8, 4) is 5.75 Å². The molecule has 162 valence electrons. The number of aliphatic hydroxyl groups excluding tert-OH is 1. The third-order valence-corrected chi connectivity index (χ3v) is 6.03. The van der Waals surface area contributed by atoms with E-state index in [1.54, 1.807) is 47.6 Å². The van der Waals surface area contributed by atoms with Gasteiger partial charge < -0.3 is 14.7 Å². The maximum atomic E-state index is 13.1. The first-order valence-corrected chi connectivity index (χ1v) is 10.9. The highest BCUT2D eigenvalue weighted by molar-refractivity contribution is 6.46. The minimum absolute atomic E-state index is 0.00321. The van der Waals surface area contributed by atoms with E-state index in [0.717, 1.165) is 42.6 Å². The molecule has 0 spiro atoms. The Morgan fingerprint density at radius 2 is 1.81 bits per heavy atom. The summed E-state index contributed by atoms with van der Waals surface area (Å²) < 4.78 is 5.78. The number of benzene rings is 1. The summed E-state index contributed by atoms with van der Waals surface area (Å²) in [5.74, 6) is -0.596. The molecule has 2 fully saturated rings.